The molecular weight excluding hydrogens is 704 g/mol. The first-order valence-electron chi connectivity index (χ1n) is 16.6. The van der Waals surface area contributed by atoms with Crippen LogP contribution < -0.4 is 10.5 Å². The van der Waals surface area contributed by atoms with E-state index in [1.807, 2.05) is 69.1 Å². The first kappa shape index (κ1) is 40.0. The average Bonchev–Trinajstić information content (AvgIpc) is 3.55. The van der Waals surface area contributed by atoms with Crippen LogP contribution in [0.15, 0.2) is 85.2 Å². The standard InChI is InChI=1S/C28H32N8O2.2C4H4O4/c1-33-15-17-35(18-16-33)28(37)34-13-11-21(12-14-34)36-27-24(26(29)30-19-31-27)25(32-36)20-7-9-23(10-8-20)38-22-5-3-2-4-6-22;2*5-3(6)1-2-4(7)8/h2-10,19,21H,11-18H2,1H3,(H2,29,30,31);2*1-2H,(H,5,6)(H,7,8)/b;2*2-1-. The van der Waals surface area contributed by atoms with Crippen molar-refractivity contribution >= 4 is 46.8 Å². The van der Waals surface area contributed by atoms with E-state index in [0.717, 1.165) is 72.8 Å². The molecule has 6 N–H and O–H groups in total. The lowest BCUT2D eigenvalue weighted by Gasteiger charge is -2.39. The van der Waals surface area contributed by atoms with Gasteiger partial charge in [0.1, 0.15) is 29.3 Å². The van der Waals surface area contributed by atoms with Crippen LogP contribution in [-0.2, 0) is 19.2 Å². The number of likely N-dealkylation sites (N-methyl/N-ethyl adjacent to an activating group) is 1. The van der Waals surface area contributed by atoms with Gasteiger partial charge in [-0.25, -0.2) is 38.6 Å². The van der Waals surface area contributed by atoms with Crippen molar-refractivity contribution < 1.29 is 49.1 Å². The molecular formula is C36H40N8O10. The maximum atomic E-state index is 13.1. The number of aromatic nitrogens is 4. The van der Waals surface area contributed by atoms with Gasteiger partial charge < -0.3 is 45.6 Å². The number of hydrogen-bond donors (Lipinski definition) is 5. The van der Waals surface area contributed by atoms with E-state index in [0.29, 0.717) is 43.2 Å². The SMILES string of the molecule is CN1CCN(C(=O)N2CCC(n3nc(-c4ccc(Oc5ccccc5)cc4)c4c(N)ncnc43)CC2)CC1.O=C(O)/C=C\C(=O)O.O=C(O)/C=C\C(=O)O. The fraction of sp³-hybridized carbons (Fsp3) is 0.278. The van der Waals surface area contributed by atoms with Crippen molar-refractivity contribution in [2.45, 2.75) is 18.9 Å². The maximum Gasteiger partial charge on any atom is 0.328 e. The number of amides is 2. The molecule has 6 rings (SSSR count). The minimum Gasteiger partial charge on any atom is -0.478 e. The molecule has 2 aliphatic rings. The molecule has 0 radical (unpaired) electrons. The summed E-state index contributed by atoms with van der Waals surface area (Å²) in [5.74, 6) is -3.10. The summed E-state index contributed by atoms with van der Waals surface area (Å²) in [4.78, 5) is 66.3. The number of carbonyl (C=O) groups is 5. The van der Waals surface area contributed by atoms with E-state index in [-0.39, 0.29) is 12.1 Å². The second-order valence-corrected chi connectivity index (χ2v) is 12.0. The number of carboxylic acids is 4. The Balaban J connectivity index is 0.000000341. The van der Waals surface area contributed by atoms with Gasteiger partial charge in [0, 0.05) is 69.1 Å². The molecule has 2 saturated heterocycles. The Kier molecular flexibility index (Phi) is 14.2. The molecule has 18 nitrogen and oxygen atoms in total. The smallest absolute Gasteiger partial charge is 0.328 e. The Hall–Kier alpha value is -6.82. The van der Waals surface area contributed by atoms with Crippen molar-refractivity contribution in [3.05, 3.63) is 85.2 Å². The van der Waals surface area contributed by atoms with Crippen LogP contribution in [0.1, 0.15) is 18.9 Å². The van der Waals surface area contributed by atoms with Gasteiger partial charge in [0.05, 0.1) is 11.4 Å². The monoisotopic (exact) mass is 744 g/mol. The number of piperazine rings is 1. The minimum atomic E-state index is -1.26. The van der Waals surface area contributed by atoms with Crippen molar-refractivity contribution in [1.29, 1.82) is 0 Å². The molecule has 0 spiro atoms. The van der Waals surface area contributed by atoms with Crippen molar-refractivity contribution in [3.8, 4) is 22.8 Å². The number of carbonyl (C=O) groups excluding carboxylic acids is 1. The summed E-state index contributed by atoms with van der Waals surface area (Å²) in [5, 5.41) is 37.0. The summed E-state index contributed by atoms with van der Waals surface area (Å²) in [7, 11) is 2.10. The number of piperidine rings is 1. The molecule has 284 valence electrons. The number of carboxylic acid groups (broad SMARTS) is 4. The van der Waals surface area contributed by atoms with Crippen LogP contribution in [0, 0.1) is 0 Å². The van der Waals surface area contributed by atoms with Crippen LogP contribution in [0.4, 0.5) is 10.6 Å². The fourth-order valence-corrected chi connectivity index (χ4v) is 5.54. The number of likely N-dealkylation sites (tertiary alicyclic amines) is 1. The Morgan fingerprint density at radius 3 is 1.72 bits per heavy atom. The molecule has 54 heavy (non-hydrogen) atoms. The quantitative estimate of drug-likeness (QED) is 0.162. The zero-order valence-electron chi connectivity index (χ0n) is 29.3. The number of benzene rings is 2. The molecule has 2 aromatic carbocycles. The number of nitrogens with two attached hydrogens (primary N) is 1. The summed E-state index contributed by atoms with van der Waals surface area (Å²) in [6.07, 6.45) is 5.34. The van der Waals surface area contributed by atoms with Gasteiger partial charge in [-0.1, -0.05) is 18.2 Å². The number of urea groups is 1. The lowest BCUT2D eigenvalue weighted by molar-refractivity contribution is -0.134. The lowest BCUT2D eigenvalue weighted by Crippen LogP contribution is -2.53. The highest BCUT2D eigenvalue weighted by Gasteiger charge is 2.30. The highest BCUT2D eigenvalue weighted by molar-refractivity contribution is 5.98. The highest BCUT2D eigenvalue weighted by Crippen LogP contribution is 2.35. The molecule has 4 aromatic rings. The fourth-order valence-electron chi connectivity index (χ4n) is 5.54. The molecule has 0 aliphatic carbocycles. The van der Waals surface area contributed by atoms with Gasteiger partial charge in [-0.05, 0) is 56.3 Å². The molecule has 18 heteroatoms. The molecule has 2 amide bonds. The number of para-hydroxylation sites is 1. The molecule has 2 aromatic heterocycles. The normalized spacial score (nSPS) is 14.9. The Morgan fingerprint density at radius 1 is 0.704 bits per heavy atom. The molecule has 2 fully saturated rings. The second-order valence-electron chi connectivity index (χ2n) is 12.0. The number of fused-ring (bicyclic) bond motifs is 1. The van der Waals surface area contributed by atoms with E-state index in [9.17, 15) is 24.0 Å². The molecule has 0 saturated carbocycles. The van der Waals surface area contributed by atoms with Crippen LogP contribution in [0.2, 0.25) is 0 Å². The van der Waals surface area contributed by atoms with Crippen molar-refractivity contribution in [3.63, 3.8) is 0 Å². The first-order valence-corrected chi connectivity index (χ1v) is 16.6. The third-order valence-electron chi connectivity index (χ3n) is 8.22. The van der Waals surface area contributed by atoms with E-state index < -0.39 is 23.9 Å². The number of hydrogen-bond acceptors (Lipinski definition) is 11. The number of rotatable bonds is 8. The van der Waals surface area contributed by atoms with Crippen molar-refractivity contribution in [1.82, 2.24) is 34.4 Å². The Morgan fingerprint density at radius 2 is 1.20 bits per heavy atom. The van der Waals surface area contributed by atoms with Gasteiger partial charge in [0.25, 0.3) is 0 Å². The van der Waals surface area contributed by atoms with Crippen LogP contribution in [0.25, 0.3) is 22.3 Å². The van der Waals surface area contributed by atoms with Crippen LogP contribution >= 0.6 is 0 Å². The summed E-state index contributed by atoms with van der Waals surface area (Å²) in [6.45, 7) is 4.80. The first-order chi connectivity index (χ1) is 25.8. The van der Waals surface area contributed by atoms with E-state index in [1.54, 1.807) is 0 Å². The summed E-state index contributed by atoms with van der Waals surface area (Å²) in [6, 6.07) is 17.8. The predicted octanol–water partition coefficient (Wildman–Crippen LogP) is 3.30. The summed E-state index contributed by atoms with van der Waals surface area (Å²) < 4.78 is 7.93. The second kappa shape index (κ2) is 19.1. The van der Waals surface area contributed by atoms with Gasteiger partial charge in [0.2, 0.25) is 0 Å². The number of anilines is 1. The summed E-state index contributed by atoms with van der Waals surface area (Å²) in [5.41, 5.74) is 8.72. The van der Waals surface area contributed by atoms with Gasteiger partial charge in [0.15, 0.2) is 5.65 Å². The Bertz CT molecular complexity index is 1920. The van der Waals surface area contributed by atoms with E-state index >= 15 is 0 Å². The van der Waals surface area contributed by atoms with Gasteiger partial charge in [-0.15, -0.1) is 0 Å². The molecule has 0 unspecified atom stereocenters. The highest BCUT2D eigenvalue weighted by atomic mass is 16.5. The van der Waals surface area contributed by atoms with Gasteiger partial charge in [-0.2, -0.15) is 5.10 Å². The lowest BCUT2D eigenvalue weighted by atomic mass is 10.1. The zero-order chi connectivity index (χ0) is 39.2. The van der Waals surface area contributed by atoms with Crippen molar-refractivity contribution in [2.24, 2.45) is 0 Å². The predicted molar refractivity (Wildman–Crippen MR) is 195 cm³/mol. The van der Waals surface area contributed by atoms with E-state index in [4.69, 9.17) is 36.0 Å². The number of nitrogens with zero attached hydrogens (tertiary/aromatic N) is 7. The maximum absolute atomic E-state index is 13.1. The molecule has 0 bridgehead atoms. The van der Waals surface area contributed by atoms with Gasteiger partial charge in [-0.3, -0.25) is 0 Å². The number of aliphatic carboxylic acids is 4. The van der Waals surface area contributed by atoms with E-state index in [2.05, 4.69) is 21.9 Å². The average molecular weight is 745 g/mol. The topological polar surface area (TPSA) is 255 Å². The van der Waals surface area contributed by atoms with Crippen LogP contribution in [0.3, 0.4) is 0 Å². The molecule has 0 atom stereocenters. The van der Waals surface area contributed by atoms with Gasteiger partial charge >= 0.3 is 29.9 Å². The van der Waals surface area contributed by atoms with Crippen LogP contribution in [-0.4, -0.2) is 131 Å². The minimum absolute atomic E-state index is 0.123. The number of ether oxygens (including phenoxy) is 1. The summed E-state index contributed by atoms with van der Waals surface area (Å²) >= 11 is 0. The molecule has 2 aliphatic heterocycles. The Labute approximate surface area is 309 Å². The van der Waals surface area contributed by atoms with Crippen molar-refractivity contribution in [2.75, 3.05) is 52.0 Å². The molecule has 4 heterocycles. The number of nitrogen functional groups attached to an aromatic ring is 1. The van der Waals surface area contributed by atoms with E-state index in [1.165, 1.54) is 6.33 Å². The van der Waals surface area contributed by atoms with Crippen LogP contribution in [0.5, 0.6) is 11.5 Å². The zero-order valence-corrected chi connectivity index (χ0v) is 29.3. The largest absolute Gasteiger partial charge is 0.478 e. The third-order valence-corrected chi connectivity index (χ3v) is 8.22. The third kappa shape index (κ3) is 11.6.